The van der Waals surface area contributed by atoms with Crippen LogP contribution in [0.3, 0.4) is 0 Å². The first-order valence-electron chi connectivity index (χ1n) is 8.77. The third-order valence-corrected chi connectivity index (χ3v) is 4.78. The number of ether oxygens (including phenoxy) is 2. The standard InChI is InChI=1S/C21H18N4O3/c1-21(2)16-10-13(5-6-14(16)19(26)28-21)24-20-23-11-15-17(27-3)7-4-12(8-9-22)18(15)25-20/h4-7,10-11H,8H2,1-3H3,(H,23,24,25). The van der Waals surface area contributed by atoms with Crippen LogP contribution in [0, 0.1) is 11.3 Å². The number of nitriles is 1. The Balaban J connectivity index is 1.74. The molecule has 0 spiro atoms. The quantitative estimate of drug-likeness (QED) is 0.693. The summed E-state index contributed by atoms with van der Waals surface area (Å²) in [6, 6.07) is 11.2. The number of esters is 1. The van der Waals surface area contributed by atoms with Crippen molar-refractivity contribution in [1.29, 1.82) is 5.26 Å². The minimum Gasteiger partial charge on any atom is -0.496 e. The number of rotatable bonds is 4. The van der Waals surface area contributed by atoms with Crippen molar-refractivity contribution in [1.82, 2.24) is 9.97 Å². The van der Waals surface area contributed by atoms with Crippen molar-refractivity contribution in [2.75, 3.05) is 12.4 Å². The molecule has 1 aromatic heterocycles. The highest BCUT2D eigenvalue weighted by Gasteiger charge is 2.37. The van der Waals surface area contributed by atoms with Gasteiger partial charge in [-0.15, -0.1) is 0 Å². The first-order chi connectivity index (χ1) is 13.4. The van der Waals surface area contributed by atoms with E-state index in [0.29, 0.717) is 22.8 Å². The fourth-order valence-electron chi connectivity index (χ4n) is 3.39. The maximum atomic E-state index is 12.0. The second-order valence-electron chi connectivity index (χ2n) is 7.00. The van der Waals surface area contributed by atoms with Crippen LogP contribution < -0.4 is 10.1 Å². The number of methoxy groups -OCH3 is 1. The second kappa shape index (κ2) is 6.50. The van der Waals surface area contributed by atoms with Crippen LogP contribution in [0.2, 0.25) is 0 Å². The Morgan fingerprint density at radius 1 is 1.29 bits per heavy atom. The van der Waals surface area contributed by atoms with Gasteiger partial charge >= 0.3 is 5.97 Å². The van der Waals surface area contributed by atoms with Crippen molar-refractivity contribution >= 4 is 28.5 Å². The number of nitrogens with one attached hydrogen (secondary N) is 1. The van der Waals surface area contributed by atoms with Gasteiger partial charge in [0.1, 0.15) is 11.4 Å². The maximum Gasteiger partial charge on any atom is 0.339 e. The number of carbonyl (C=O) groups is 1. The van der Waals surface area contributed by atoms with Gasteiger partial charge in [0.25, 0.3) is 0 Å². The summed E-state index contributed by atoms with van der Waals surface area (Å²) in [7, 11) is 1.58. The Morgan fingerprint density at radius 3 is 2.86 bits per heavy atom. The number of hydrogen-bond acceptors (Lipinski definition) is 7. The Hall–Kier alpha value is -3.66. The number of nitrogens with zero attached hydrogens (tertiary/aromatic N) is 3. The van der Waals surface area contributed by atoms with Crippen molar-refractivity contribution in [2.45, 2.75) is 25.9 Å². The summed E-state index contributed by atoms with van der Waals surface area (Å²) in [5, 5.41) is 13.0. The molecule has 0 saturated heterocycles. The molecule has 0 amide bonds. The summed E-state index contributed by atoms with van der Waals surface area (Å²) in [6.45, 7) is 3.71. The number of cyclic esters (lactones) is 1. The van der Waals surface area contributed by atoms with Crippen molar-refractivity contribution < 1.29 is 14.3 Å². The molecule has 28 heavy (non-hydrogen) atoms. The molecule has 0 unspecified atom stereocenters. The molecule has 0 atom stereocenters. The van der Waals surface area contributed by atoms with E-state index in [0.717, 1.165) is 22.2 Å². The zero-order chi connectivity index (χ0) is 19.9. The SMILES string of the molecule is COc1ccc(CC#N)c2nc(Nc3ccc4c(c3)C(C)(C)OC4=O)ncc12. The average molecular weight is 374 g/mol. The van der Waals surface area contributed by atoms with Gasteiger partial charge in [-0.3, -0.25) is 0 Å². The molecule has 1 N–H and O–H groups in total. The third-order valence-electron chi connectivity index (χ3n) is 4.78. The minimum absolute atomic E-state index is 0.240. The van der Waals surface area contributed by atoms with Crippen LogP contribution in [0.15, 0.2) is 36.5 Å². The number of anilines is 2. The van der Waals surface area contributed by atoms with E-state index >= 15 is 0 Å². The van der Waals surface area contributed by atoms with E-state index in [2.05, 4.69) is 21.4 Å². The molecule has 2 aromatic carbocycles. The van der Waals surface area contributed by atoms with Crippen LogP contribution in [-0.2, 0) is 16.8 Å². The fraction of sp³-hybridized carbons (Fsp3) is 0.238. The summed E-state index contributed by atoms with van der Waals surface area (Å²) in [5.74, 6) is 0.725. The molecule has 7 nitrogen and oxygen atoms in total. The smallest absolute Gasteiger partial charge is 0.339 e. The minimum atomic E-state index is -0.679. The molecular weight excluding hydrogens is 356 g/mol. The Labute approximate surface area is 161 Å². The summed E-state index contributed by atoms with van der Waals surface area (Å²) in [5.41, 5.74) is 2.92. The summed E-state index contributed by atoms with van der Waals surface area (Å²) in [6.07, 6.45) is 1.91. The number of carbonyl (C=O) groups excluding carboxylic acids is 1. The molecule has 1 aliphatic heterocycles. The van der Waals surface area contributed by atoms with Gasteiger partial charge in [-0.2, -0.15) is 5.26 Å². The van der Waals surface area contributed by atoms with E-state index in [-0.39, 0.29) is 12.4 Å². The van der Waals surface area contributed by atoms with Crippen LogP contribution in [0.5, 0.6) is 5.75 Å². The molecule has 0 saturated carbocycles. The van der Waals surface area contributed by atoms with Crippen LogP contribution in [0.25, 0.3) is 10.9 Å². The first-order valence-corrected chi connectivity index (χ1v) is 8.77. The van der Waals surface area contributed by atoms with Crippen molar-refractivity contribution in [3.8, 4) is 11.8 Å². The normalized spacial score (nSPS) is 14.3. The molecule has 0 fully saturated rings. The van der Waals surface area contributed by atoms with Crippen LogP contribution in [0.1, 0.15) is 35.3 Å². The lowest BCUT2D eigenvalue weighted by Gasteiger charge is -2.18. The van der Waals surface area contributed by atoms with Crippen LogP contribution in [-0.4, -0.2) is 23.0 Å². The summed E-state index contributed by atoms with van der Waals surface area (Å²) in [4.78, 5) is 20.9. The van der Waals surface area contributed by atoms with E-state index < -0.39 is 5.60 Å². The van der Waals surface area contributed by atoms with Gasteiger partial charge in [0.05, 0.1) is 36.1 Å². The van der Waals surface area contributed by atoms with Gasteiger partial charge in [0, 0.05) is 17.4 Å². The van der Waals surface area contributed by atoms with Gasteiger partial charge in [-0.1, -0.05) is 6.07 Å². The molecule has 140 valence electrons. The van der Waals surface area contributed by atoms with E-state index in [1.165, 1.54) is 0 Å². The molecule has 3 aromatic rings. The molecule has 1 aliphatic rings. The first kappa shape index (κ1) is 17.7. The number of benzene rings is 2. The number of fused-ring (bicyclic) bond motifs is 2. The molecule has 0 radical (unpaired) electrons. The topological polar surface area (TPSA) is 97.1 Å². The molecule has 4 rings (SSSR count). The monoisotopic (exact) mass is 374 g/mol. The van der Waals surface area contributed by atoms with Crippen molar-refractivity contribution in [3.63, 3.8) is 0 Å². The molecule has 0 bridgehead atoms. The lowest BCUT2D eigenvalue weighted by molar-refractivity contribution is 0.00955. The van der Waals surface area contributed by atoms with Crippen LogP contribution >= 0.6 is 0 Å². The highest BCUT2D eigenvalue weighted by Crippen LogP contribution is 2.37. The largest absolute Gasteiger partial charge is 0.496 e. The highest BCUT2D eigenvalue weighted by atomic mass is 16.6. The van der Waals surface area contributed by atoms with Gasteiger partial charge < -0.3 is 14.8 Å². The van der Waals surface area contributed by atoms with Gasteiger partial charge in [0.15, 0.2) is 0 Å². The Morgan fingerprint density at radius 2 is 2.11 bits per heavy atom. The third kappa shape index (κ3) is 2.89. The van der Waals surface area contributed by atoms with Crippen molar-refractivity contribution in [2.24, 2.45) is 0 Å². The highest BCUT2D eigenvalue weighted by molar-refractivity contribution is 5.95. The van der Waals surface area contributed by atoms with E-state index in [1.807, 2.05) is 32.0 Å². The molecule has 2 heterocycles. The molecular formula is C21H18N4O3. The number of aromatic nitrogens is 2. The van der Waals surface area contributed by atoms with E-state index in [1.54, 1.807) is 25.4 Å². The summed E-state index contributed by atoms with van der Waals surface area (Å²) >= 11 is 0. The molecule has 0 aliphatic carbocycles. The van der Waals surface area contributed by atoms with E-state index in [4.69, 9.17) is 14.7 Å². The number of hydrogen-bond donors (Lipinski definition) is 1. The van der Waals surface area contributed by atoms with Crippen LogP contribution in [0.4, 0.5) is 11.6 Å². The maximum absolute atomic E-state index is 12.0. The predicted octanol–water partition coefficient (Wildman–Crippen LogP) is 3.85. The predicted molar refractivity (Wildman–Crippen MR) is 104 cm³/mol. The lowest BCUT2D eigenvalue weighted by atomic mass is 9.95. The summed E-state index contributed by atoms with van der Waals surface area (Å²) < 4.78 is 10.8. The zero-order valence-corrected chi connectivity index (χ0v) is 15.7. The fourth-order valence-corrected chi connectivity index (χ4v) is 3.39. The molecule has 7 heteroatoms. The Bertz CT molecular complexity index is 1150. The van der Waals surface area contributed by atoms with E-state index in [9.17, 15) is 4.79 Å². The zero-order valence-electron chi connectivity index (χ0n) is 15.7. The van der Waals surface area contributed by atoms with Crippen molar-refractivity contribution in [3.05, 3.63) is 53.2 Å². The van der Waals surface area contributed by atoms with Gasteiger partial charge in [0.2, 0.25) is 5.95 Å². The second-order valence-corrected chi connectivity index (χ2v) is 7.00. The Kier molecular flexibility index (Phi) is 4.12. The average Bonchev–Trinajstić information content (AvgIpc) is 2.90. The van der Waals surface area contributed by atoms with Gasteiger partial charge in [-0.25, -0.2) is 14.8 Å². The lowest BCUT2D eigenvalue weighted by Crippen LogP contribution is -2.16. The van der Waals surface area contributed by atoms with Gasteiger partial charge in [-0.05, 0) is 43.7 Å².